The molecule has 1 amide bonds. The summed E-state index contributed by atoms with van der Waals surface area (Å²) < 4.78 is 0. The van der Waals surface area contributed by atoms with Gasteiger partial charge in [-0.05, 0) is 36.9 Å². The standard InChI is InChI=1S/C20H24N2O/c1-22(14-16-8-4-2-5-9-16)15-19(23)21-20(18-12-13-18)17-10-6-3-7-11-17/h2-11,18,20H,12-15H2,1H3,(H,21,23). The topological polar surface area (TPSA) is 32.3 Å². The predicted octanol–water partition coefficient (Wildman–Crippen LogP) is 3.39. The van der Waals surface area contributed by atoms with Gasteiger partial charge in [0.05, 0.1) is 12.6 Å². The van der Waals surface area contributed by atoms with Gasteiger partial charge in [0, 0.05) is 6.54 Å². The summed E-state index contributed by atoms with van der Waals surface area (Å²) in [5, 5.41) is 3.23. The van der Waals surface area contributed by atoms with E-state index in [1.165, 1.54) is 24.0 Å². The first-order chi connectivity index (χ1) is 11.2. The van der Waals surface area contributed by atoms with Crippen molar-refractivity contribution in [3.05, 3.63) is 71.8 Å². The number of carbonyl (C=O) groups excluding carboxylic acids is 1. The van der Waals surface area contributed by atoms with Gasteiger partial charge in [0.15, 0.2) is 0 Å². The first-order valence-corrected chi connectivity index (χ1v) is 8.29. The molecule has 1 fully saturated rings. The molecule has 0 aliphatic heterocycles. The largest absolute Gasteiger partial charge is 0.348 e. The lowest BCUT2D eigenvalue weighted by Crippen LogP contribution is -2.37. The lowest BCUT2D eigenvalue weighted by atomic mass is 10.0. The van der Waals surface area contributed by atoms with Crippen molar-refractivity contribution in [2.75, 3.05) is 13.6 Å². The van der Waals surface area contributed by atoms with Crippen molar-refractivity contribution in [2.24, 2.45) is 5.92 Å². The number of benzene rings is 2. The molecule has 3 nitrogen and oxygen atoms in total. The number of hydrogen-bond donors (Lipinski definition) is 1. The number of carbonyl (C=O) groups is 1. The molecule has 3 rings (SSSR count). The smallest absolute Gasteiger partial charge is 0.234 e. The summed E-state index contributed by atoms with van der Waals surface area (Å²) in [5.74, 6) is 0.699. The molecule has 23 heavy (non-hydrogen) atoms. The molecule has 3 heteroatoms. The minimum Gasteiger partial charge on any atom is -0.348 e. The molecular weight excluding hydrogens is 284 g/mol. The van der Waals surface area contributed by atoms with E-state index in [-0.39, 0.29) is 11.9 Å². The predicted molar refractivity (Wildman–Crippen MR) is 92.8 cm³/mol. The molecule has 0 aromatic heterocycles. The van der Waals surface area contributed by atoms with Crippen molar-refractivity contribution in [3.8, 4) is 0 Å². The highest BCUT2D eigenvalue weighted by atomic mass is 16.2. The van der Waals surface area contributed by atoms with Crippen LogP contribution in [0.5, 0.6) is 0 Å². The minimum absolute atomic E-state index is 0.101. The van der Waals surface area contributed by atoms with Crippen molar-refractivity contribution in [3.63, 3.8) is 0 Å². The van der Waals surface area contributed by atoms with Crippen LogP contribution in [0.1, 0.15) is 30.0 Å². The second kappa shape index (κ2) is 7.42. The van der Waals surface area contributed by atoms with Crippen LogP contribution in [0.25, 0.3) is 0 Å². The van der Waals surface area contributed by atoms with E-state index in [1.54, 1.807) is 0 Å². The highest BCUT2D eigenvalue weighted by Crippen LogP contribution is 2.40. The van der Waals surface area contributed by atoms with E-state index in [0.717, 1.165) is 6.54 Å². The van der Waals surface area contributed by atoms with Crippen LogP contribution < -0.4 is 5.32 Å². The maximum Gasteiger partial charge on any atom is 0.234 e. The Hall–Kier alpha value is -2.13. The first-order valence-electron chi connectivity index (χ1n) is 8.29. The molecule has 0 spiro atoms. The zero-order chi connectivity index (χ0) is 16.1. The number of nitrogens with zero attached hydrogens (tertiary/aromatic N) is 1. The maximum absolute atomic E-state index is 12.4. The molecule has 1 aliphatic carbocycles. The molecule has 1 N–H and O–H groups in total. The van der Waals surface area contributed by atoms with E-state index in [9.17, 15) is 4.79 Å². The van der Waals surface area contributed by atoms with Crippen LogP contribution >= 0.6 is 0 Å². The van der Waals surface area contributed by atoms with Crippen molar-refractivity contribution in [1.29, 1.82) is 0 Å². The summed E-state index contributed by atoms with van der Waals surface area (Å²) in [4.78, 5) is 14.5. The molecule has 1 aliphatic rings. The van der Waals surface area contributed by atoms with E-state index in [0.29, 0.717) is 12.5 Å². The summed E-state index contributed by atoms with van der Waals surface area (Å²) in [5.41, 5.74) is 2.44. The fourth-order valence-electron chi connectivity index (χ4n) is 2.98. The van der Waals surface area contributed by atoms with Crippen molar-refractivity contribution in [1.82, 2.24) is 10.2 Å². The van der Waals surface area contributed by atoms with E-state index < -0.39 is 0 Å². The number of nitrogens with one attached hydrogen (secondary N) is 1. The monoisotopic (exact) mass is 308 g/mol. The quantitative estimate of drug-likeness (QED) is 0.850. The highest BCUT2D eigenvalue weighted by molar-refractivity contribution is 5.78. The van der Waals surface area contributed by atoms with Gasteiger partial charge in [-0.3, -0.25) is 9.69 Å². The summed E-state index contributed by atoms with van der Waals surface area (Å²) in [6, 6.07) is 20.7. The molecule has 0 heterocycles. The fourth-order valence-corrected chi connectivity index (χ4v) is 2.98. The number of amides is 1. The van der Waals surface area contributed by atoms with Gasteiger partial charge in [-0.25, -0.2) is 0 Å². The van der Waals surface area contributed by atoms with Crippen LogP contribution in [0, 0.1) is 5.92 Å². The van der Waals surface area contributed by atoms with Crippen molar-refractivity contribution >= 4 is 5.91 Å². The summed E-state index contributed by atoms with van der Waals surface area (Å²) >= 11 is 0. The third-order valence-corrected chi connectivity index (χ3v) is 4.28. The second-order valence-electron chi connectivity index (χ2n) is 6.45. The molecule has 1 atom stereocenters. The Morgan fingerprint density at radius 1 is 1.09 bits per heavy atom. The van der Waals surface area contributed by atoms with Gasteiger partial charge in [-0.2, -0.15) is 0 Å². The number of hydrogen-bond acceptors (Lipinski definition) is 2. The van der Waals surface area contributed by atoms with E-state index in [1.807, 2.05) is 43.4 Å². The van der Waals surface area contributed by atoms with Crippen LogP contribution in [0.4, 0.5) is 0 Å². The lowest BCUT2D eigenvalue weighted by Gasteiger charge is -2.22. The maximum atomic E-state index is 12.4. The normalized spacial score (nSPS) is 15.4. The third-order valence-electron chi connectivity index (χ3n) is 4.28. The van der Waals surface area contributed by atoms with Gasteiger partial charge < -0.3 is 5.32 Å². The van der Waals surface area contributed by atoms with E-state index in [4.69, 9.17) is 0 Å². The van der Waals surface area contributed by atoms with Crippen LogP contribution in [-0.4, -0.2) is 24.4 Å². The van der Waals surface area contributed by atoms with Crippen LogP contribution in [0.15, 0.2) is 60.7 Å². The molecule has 2 aromatic carbocycles. The summed E-state index contributed by atoms with van der Waals surface area (Å²) in [6.07, 6.45) is 2.42. The summed E-state index contributed by atoms with van der Waals surface area (Å²) in [6.45, 7) is 1.21. The van der Waals surface area contributed by atoms with Crippen LogP contribution in [-0.2, 0) is 11.3 Å². The minimum atomic E-state index is 0.101. The summed E-state index contributed by atoms with van der Waals surface area (Å²) in [7, 11) is 1.99. The van der Waals surface area contributed by atoms with E-state index >= 15 is 0 Å². The fraction of sp³-hybridized carbons (Fsp3) is 0.350. The lowest BCUT2D eigenvalue weighted by molar-refractivity contribution is -0.123. The Kier molecular flexibility index (Phi) is 5.09. The average Bonchev–Trinajstić information content (AvgIpc) is 3.39. The van der Waals surface area contributed by atoms with Gasteiger partial charge in [-0.1, -0.05) is 60.7 Å². The van der Waals surface area contributed by atoms with Gasteiger partial charge in [-0.15, -0.1) is 0 Å². The second-order valence-corrected chi connectivity index (χ2v) is 6.45. The Morgan fingerprint density at radius 2 is 1.70 bits per heavy atom. The number of rotatable bonds is 7. The van der Waals surface area contributed by atoms with Crippen molar-refractivity contribution in [2.45, 2.75) is 25.4 Å². The highest BCUT2D eigenvalue weighted by Gasteiger charge is 2.33. The Balaban J connectivity index is 1.55. The molecule has 1 saturated carbocycles. The Morgan fingerprint density at radius 3 is 2.30 bits per heavy atom. The van der Waals surface area contributed by atoms with Crippen LogP contribution in [0.3, 0.4) is 0 Å². The van der Waals surface area contributed by atoms with Gasteiger partial charge in [0.2, 0.25) is 5.91 Å². The molecule has 0 radical (unpaired) electrons. The zero-order valence-corrected chi connectivity index (χ0v) is 13.6. The molecular formula is C20H24N2O. The van der Waals surface area contributed by atoms with Crippen molar-refractivity contribution < 1.29 is 4.79 Å². The first kappa shape index (κ1) is 15.8. The molecule has 2 aromatic rings. The molecule has 0 saturated heterocycles. The van der Waals surface area contributed by atoms with Crippen LogP contribution in [0.2, 0.25) is 0 Å². The molecule has 120 valence electrons. The van der Waals surface area contributed by atoms with Gasteiger partial charge in [0.1, 0.15) is 0 Å². The SMILES string of the molecule is CN(CC(=O)NC(c1ccccc1)C1CC1)Cc1ccccc1. The van der Waals surface area contributed by atoms with E-state index in [2.05, 4.69) is 34.5 Å². The molecule has 0 bridgehead atoms. The zero-order valence-electron chi connectivity index (χ0n) is 13.6. The Labute approximate surface area is 138 Å². The van der Waals surface area contributed by atoms with Gasteiger partial charge in [0.25, 0.3) is 0 Å². The molecule has 1 unspecified atom stereocenters. The third kappa shape index (κ3) is 4.67. The van der Waals surface area contributed by atoms with Gasteiger partial charge >= 0.3 is 0 Å². The number of likely N-dealkylation sites (N-methyl/N-ethyl adjacent to an activating group) is 1. The Bertz CT molecular complexity index is 623. The average molecular weight is 308 g/mol.